The Kier molecular flexibility index (Phi) is 11.3. The molecule has 0 spiro atoms. The van der Waals surface area contributed by atoms with Gasteiger partial charge in [-0.2, -0.15) is 0 Å². The smallest absolute Gasteiger partial charge is 0.164 e. The number of hydrogen-bond donors (Lipinski definition) is 0. The first kappa shape index (κ1) is 44.3. The van der Waals surface area contributed by atoms with E-state index in [2.05, 4.69) is 210 Å². The Balaban J connectivity index is 1.11. The summed E-state index contributed by atoms with van der Waals surface area (Å²) >= 11 is 0. The Hall–Kier alpha value is -9.63. The van der Waals surface area contributed by atoms with Crippen LogP contribution in [-0.4, -0.2) is 24.1 Å². The molecule has 0 aliphatic heterocycles. The zero-order chi connectivity index (χ0) is 49.5. The average molecular weight is 948 g/mol. The normalized spacial score (nSPS) is 14.3. The number of benzene rings is 7. The molecule has 8 aromatic carbocycles. The summed E-state index contributed by atoms with van der Waals surface area (Å²) in [6.45, 7) is 8.17. The van der Waals surface area contributed by atoms with Gasteiger partial charge in [0.25, 0.3) is 0 Å². The SMILES string of the molecule is C=C/C=C(\C=C)c1nc(C2=CC(c3c#cc(-c4ccccc4)cc3)=C(n3c4c(c5ccccc53)-c3c(n(-c5ccccc5)c5ccccc35)CC4)C(c3ccc(-c4ccccc4)cc3)C2)nc(-c2ccccc2)n1. The van der Waals surface area contributed by atoms with Crippen LogP contribution in [0.2, 0.25) is 0 Å². The molecule has 5 heteroatoms. The summed E-state index contributed by atoms with van der Waals surface area (Å²) in [4.78, 5) is 15.7. The number of rotatable bonds is 11. The highest BCUT2D eigenvalue weighted by molar-refractivity contribution is 6.12. The molecule has 0 radical (unpaired) electrons. The molecule has 1 unspecified atom stereocenters. The predicted octanol–water partition coefficient (Wildman–Crippen LogP) is 16.5. The van der Waals surface area contributed by atoms with Gasteiger partial charge in [-0.15, -0.1) is 0 Å². The van der Waals surface area contributed by atoms with Gasteiger partial charge in [0.2, 0.25) is 0 Å². The van der Waals surface area contributed by atoms with E-state index in [1.165, 1.54) is 66.8 Å². The molecule has 5 nitrogen and oxygen atoms in total. The van der Waals surface area contributed by atoms with E-state index in [-0.39, 0.29) is 5.92 Å². The Morgan fingerprint density at radius 3 is 1.65 bits per heavy atom. The van der Waals surface area contributed by atoms with Crippen LogP contribution >= 0.6 is 0 Å². The molecule has 0 bridgehead atoms. The fourth-order valence-corrected chi connectivity index (χ4v) is 11.3. The molecule has 2 aliphatic carbocycles. The molecule has 0 saturated heterocycles. The van der Waals surface area contributed by atoms with E-state index in [0.29, 0.717) is 23.9 Å². The molecular weight excluding hydrogens is 899 g/mol. The van der Waals surface area contributed by atoms with Gasteiger partial charge in [-0.05, 0) is 89.6 Å². The third-order valence-corrected chi connectivity index (χ3v) is 14.7. The summed E-state index contributed by atoms with van der Waals surface area (Å²) in [5.41, 5.74) is 20.2. The van der Waals surface area contributed by atoms with Gasteiger partial charge in [-0.1, -0.05) is 213 Å². The average Bonchev–Trinajstić information content (AvgIpc) is 4.00. The summed E-state index contributed by atoms with van der Waals surface area (Å²) in [6, 6.07) is 80.9. The van der Waals surface area contributed by atoms with Crippen molar-refractivity contribution in [2.45, 2.75) is 25.2 Å². The third kappa shape index (κ3) is 7.73. The molecule has 1 atom stereocenters. The van der Waals surface area contributed by atoms with Crippen LogP contribution in [0.3, 0.4) is 0 Å². The van der Waals surface area contributed by atoms with Gasteiger partial charge >= 0.3 is 0 Å². The summed E-state index contributed by atoms with van der Waals surface area (Å²) in [6.07, 6.45) is 10.1. The van der Waals surface area contributed by atoms with Gasteiger partial charge < -0.3 is 9.13 Å². The number of nitrogens with zero attached hydrogens (tertiary/aromatic N) is 5. The van der Waals surface area contributed by atoms with Gasteiger partial charge in [0.15, 0.2) is 17.5 Å². The number of hydrogen-bond acceptors (Lipinski definition) is 3. The molecule has 2 aliphatic rings. The van der Waals surface area contributed by atoms with E-state index in [0.717, 1.165) is 57.4 Å². The fraction of sp³-hybridized carbons (Fsp3) is 0.0580. The minimum Gasteiger partial charge on any atom is -0.315 e. The van der Waals surface area contributed by atoms with Crippen LogP contribution in [0.15, 0.2) is 244 Å². The van der Waals surface area contributed by atoms with Gasteiger partial charge in [-0.25, -0.2) is 15.0 Å². The highest BCUT2D eigenvalue weighted by Crippen LogP contribution is 2.53. The highest BCUT2D eigenvalue weighted by atomic mass is 15.1. The Bertz CT molecular complexity index is 4030. The molecule has 0 fully saturated rings. The highest BCUT2D eigenvalue weighted by Gasteiger charge is 2.36. The van der Waals surface area contributed by atoms with Gasteiger partial charge in [0.05, 0.1) is 11.0 Å². The standard InChI is InChI=1S/C69H49N5/c1-3-21-46(4-2)67-70-68(53-26-13-7-14-27-53)72-69(71-67)54-44-58(51-38-34-49(35-39-51)47-22-9-5-10-23-47)66(59(45-54)52-40-36-50(37-41-52)48-24-11-6-12-25-48)74-61-33-20-18-31-57(61)65-63(74)43-42-62-64(65)56-30-17-19-32-60(56)73(62)55-28-15-8-16-29-55/h3-36,38-40,45,58H,1-2,42-44H2/b46-21+. The van der Waals surface area contributed by atoms with Crippen molar-refractivity contribution in [3.63, 3.8) is 0 Å². The quantitative estimate of drug-likeness (QED) is 0.121. The summed E-state index contributed by atoms with van der Waals surface area (Å²) in [7, 11) is 0. The Morgan fingerprint density at radius 2 is 1.03 bits per heavy atom. The first-order chi connectivity index (χ1) is 36.6. The van der Waals surface area contributed by atoms with Crippen molar-refractivity contribution in [1.82, 2.24) is 24.1 Å². The van der Waals surface area contributed by atoms with Gasteiger partial charge in [-0.3, -0.25) is 0 Å². The first-order valence-electron chi connectivity index (χ1n) is 25.3. The summed E-state index contributed by atoms with van der Waals surface area (Å²) in [5.74, 6) is 1.57. The first-order valence-corrected chi connectivity index (χ1v) is 25.3. The lowest BCUT2D eigenvalue weighted by Gasteiger charge is -2.32. The van der Waals surface area contributed by atoms with E-state index in [1.807, 2.05) is 42.5 Å². The number of allylic oxidation sites excluding steroid dienone is 8. The maximum Gasteiger partial charge on any atom is 0.164 e. The molecule has 3 heterocycles. The molecule has 350 valence electrons. The van der Waals surface area contributed by atoms with E-state index < -0.39 is 0 Å². The van der Waals surface area contributed by atoms with Crippen LogP contribution < -0.4 is 0 Å². The molecule has 0 amide bonds. The zero-order valence-corrected chi connectivity index (χ0v) is 40.8. The Morgan fingerprint density at radius 1 is 0.500 bits per heavy atom. The van der Waals surface area contributed by atoms with Crippen molar-refractivity contribution in [2.24, 2.45) is 0 Å². The van der Waals surface area contributed by atoms with E-state index in [9.17, 15) is 0 Å². The fourth-order valence-electron chi connectivity index (χ4n) is 11.3. The second-order valence-corrected chi connectivity index (χ2v) is 18.9. The van der Waals surface area contributed by atoms with Crippen molar-refractivity contribution in [2.75, 3.05) is 0 Å². The van der Waals surface area contributed by atoms with Crippen LogP contribution in [0, 0.1) is 12.1 Å². The van der Waals surface area contributed by atoms with Crippen LogP contribution in [0.1, 0.15) is 46.5 Å². The second kappa shape index (κ2) is 18.8. The maximum absolute atomic E-state index is 5.33. The predicted molar refractivity (Wildman–Crippen MR) is 305 cm³/mol. The summed E-state index contributed by atoms with van der Waals surface area (Å²) < 4.78 is 5.11. The lowest BCUT2D eigenvalue weighted by molar-refractivity contribution is 0.781. The summed E-state index contributed by atoms with van der Waals surface area (Å²) in [5, 5.41) is 2.49. The molecular formula is C69H49N5. The van der Waals surface area contributed by atoms with Crippen molar-refractivity contribution >= 4 is 44.2 Å². The maximum atomic E-state index is 5.33. The van der Waals surface area contributed by atoms with E-state index >= 15 is 0 Å². The molecule has 13 rings (SSSR count). The molecule has 0 saturated carbocycles. The molecule has 11 aromatic rings. The minimum atomic E-state index is -0.160. The third-order valence-electron chi connectivity index (χ3n) is 14.7. The number of para-hydroxylation sites is 3. The minimum absolute atomic E-state index is 0.160. The number of fused-ring (bicyclic) bond motifs is 7. The Labute approximate surface area is 431 Å². The second-order valence-electron chi connectivity index (χ2n) is 18.9. The van der Waals surface area contributed by atoms with Crippen LogP contribution in [0.25, 0.3) is 94.7 Å². The van der Waals surface area contributed by atoms with E-state index in [4.69, 9.17) is 15.0 Å². The van der Waals surface area contributed by atoms with Crippen molar-refractivity contribution in [1.29, 1.82) is 0 Å². The van der Waals surface area contributed by atoms with Crippen LogP contribution in [0.4, 0.5) is 0 Å². The lowest BCUT2D eigenvalue weighted by Crippen LogP contribution is -2.19. The van der Waals surface area contributed by atoms with Gasteiger partial charge in [0, 0.05) is 78.4 Å². The zero-order valence-electron chi connectivity index (χ0n) is 40.8. The van der Waals surface area contributed by atoms with Crippen molar-refractivity contribution in [3.8, 4) is 50.5 Å². The monoisotopic (exact) mass is 947 g/mol. The largest absolute Gasteiger partial charge is 0.315 e. The molecule has 0 N–H and O–H groups in total. The lowest BCUT2D eigenvalue weighted by atomic mass is 9.79. The number of aromatic nitrogens is 5. The van der Waals surface area contributed by atoms with Crippen molar-refractivity contribution < 1.29 is 0 Å². The molecule has 74 heavy (non-hydrogen) atoms. The van der Waals surface area contributed by atoms with Crippen molar-refractivity contribution in [3.05, 3.63) is 290 Å². The topological polar surface area (TPSA) is 48.5 Å². The molecule has 3 aromatic heterocycles. The van der Waals surface area contributed by atoms with Crippen LogP contribution in [0.5, 0.6) is 0 Å². The van der Waals surface area contributed by atoms with Gasteiger partial charge in [0.1, 0.15) is 0 Å². The van der Waals surface area contributed by atoms with Crippen LogP contribution in [-0.2, 0) is 12.8 Å². The van der Waals surface area contributed by atoms with E-state index in [1.54, 1.807) is 12.2 Å².